The van der Waals surface area contributed by atoms with Gasteiger partial charge in [-0.2, -0.15) is 0 Å². The third kappa shape index (κ3) is 9.24. The molecular formula is C40H42BF4P2Rh. The summed E-state index contributed by atoms with van der Waals surface area (Å²) in [5.41, 5.74) is 9.53. The number of allylic oxidation sites excluding steroid dienone is 4. The van der Waals surface area contributed by atoms with E-state index in [0.29, 0.717) is 28.3 Å². The zero-order chi connectivity index (χ0) is 32.6. The Morgan fingerprint density at radius 2 is 0.812 bits per heavy atom. The smallest absolute Gasteiger partial charge is 0.418 e. The molecule has 0 saturated carbocycles. The number of hydrogen-bond acceptors (Lipinski definition) is 0. The van der Waals surface area contributed by atoms with Gasteiger partial charge in [-0.15, -0.1) is 0 Å². The second kappa shape index (κ2) is 17.5. The van der Waals surface area contributed by atoms with Crippen LogP contribution in [0.25, 0.3) is 0 Å². The molecule has 0 amide bonds. The van der Waals surface area contributed by atoms with E-state index in [0.717, 1.165) is 0 Å². The second-order valence-corrected chi connectivity index (χ2v) is 18.0. The predicted molar refractivity (Wildman–Crippen MR) is 194 cm³/mol. The number of benzene rings is 4. The molecule has 4 unspecified atom stereocenters. The van der Waals surface area contributed by atoms with E-state index in [1.165, 1.54) is 44.9 Å². The van der Waals surface area contributed by atoms with E-state index < -0.39 is 7.25 Å². The standard InChI is InChI=1S/C40H42P2.BF4.Rh/c1-2-16-26-40(42-37(33-21-11-5-12-22-33)29-30-38(42)34-23-13-6-14-24-34)39(25-15-1)41-35(31-17-7-3-8-18-31)27-28-36(41)32-19-9-4-10-20-32;2-1(3,4)5;/h1,3-15,17-24,26,35-39H,2,16,25,27-30H2;;/q;-1;+1/b15-1-,40-26+;;/t35?,36?,37-,38?,39-,41?,42?;;/m0../s1. The molecule has 4 aromatic rings. The van der Waals surface area contributed by atoms with Crippen molar-refractivity contribution in [2.24, 2.45) is 0 Å². The molecule has 0 radical (unpaired) electrons. The van der Waals surface area contributed by atoms with Gasteiger partial charge in [0.2, 0.25) is 0 Å². The van der Waals surface area contributed by atoms with E-state index in [-0.39, 0.29) is 35.3 Å². The van der Waals surface area contributed by atoms with Crippen LogP contribution in [0.2, 0.25) is 0 Å². The van der Waals surface area contributed by atoms with Crippen LogP contribution in [-0.4, -0.2) is 12.9 Å². The Morgan fingerprint density at radius 1 is 0.458 bits per heavy atom. The molecule has 0 aromatic heterocycles. The minimum atomic E-state index is -6.00. The first-order valence-electron chi connectivity index (χ1n) is 16.9. The molecule has 252 valence electrons. The van der Waals surface area contributed by atoms with Gasteiger partial charge in [-0.3, -0.25) is 0 Å². The topological polar surface area (TPSA) is 0 Å². The normalized spacial score (nSPS) is 28.8. The van der Waals surface area contributed by atoms with Crippen LogP contribution in [0, 0.1) is 0 Å². The van der Waals surface area contributed by atoms with Gasteiger partial charge in [-0.25, -0.2) is 0 Å². The average Bonchev–Trinajstić information content (AvgIpc) is 3.71. The first-order chi connectivity index (χ1) is 22.9. The van der Waals surface area contributed by atoms with Gasteiger partial charge in [0.05, 0.1) is 0 Å². The number of halogens is 4. The summed E-state index contributed by atoms with van der Waals surface area (Å²) in [6.45, 7) is 0. The molecule has 6 atom stereocenters. The molecule has 4 aromatic carbocycles. The molecule has 8 heteroatoms. The van der Waals surface area contributed by atoms with E-state index in [1.54, 1.807) is 22.3 Å². The van der Waals surface area contributed by atoms with Gasteiger partial charge < -0.3 is 17.3 Å². The van der Waals surface area contributed by atoms with Crippen molar-refractivity contribution in [3.8, 4) is 0 Å². The fraction of sp³-hybridized carbons (Fsp3) is 0.300. The van der Waals surface area contributed by atoms with E-state index in [9.17, 15) is 17.3 Å². The Bertz CT molecular complexity index is 1500. The first kappa shape index (κ1) is 36.9. The van der Waals surface area contributed by atoms with Crippen LogP contribution in [0.1, 0.15) is 89.8 Å². The number of rotatable bonds is 6. The van der Waals surface area contributed by atoms with Crippen LogP contribution in [-0.2, 0) is 19.5 Å². The zero-order valence-corrected chi connectivity index (χ0v) is 30.4. The van der Waals surface area contributed by atoms with E-state index in [4.69, 9.17) is 0 Å². The van der Waals surface area contributed by atoms with Crippen LogP contribution >= 0.6 is 15.8 Å². The summed E-state index contributed by atoms with van der Waals surface area (Å²) in [5.74, 6) is 0. The summed E-state index contributed by atoms with van der Waals surface area (Å²) < 4.78 is 39.0. The van der Waals surface area contributed by atoms with Crippen LogP contribution in [0.15, 0.2) is 145 Å². The van der Waals surface area contributed by atoms with Gasteiger partial charge >= 0.3 is 26.7 Å². The number of hydrogen-bond donors (Lipinski definition) is 0. The second-order valence-electron chi connectivity index (χ2n) is 12.6. The first-order valence-corrected chi connectivity index (χ1v) is 19.9. The Labute approximate surface area is 298 Å². The maximum absolute atomic E-state index is 9.75. The van der Waals surface area contributed by atoms with Gasteiger partial charge in [0.25, 0.3) is 0 Å². The molecule has 2 heterocycles. The Kier molecular flexibility index (Phi) is 13.5. The van der Waals surface area contributed by atoms with Gasteiger partial charge in [0.15, 0.2) is 0 Å². The molecule has 0 nitrogen and oxygen atoms in total. The van der Waals surface area contributed by atoms with Crippen molar-refractivity contribution in [3.63, 3.8) is 0 Å². The molecule has 48 heavy (non-hydrogen) atoms. The van der Waals surface area contributed by atoms with E-state index >= 15 is 0 Å². The molecule has 0 spiro atoms. The van der Waals surface area contributed by atoms with Gasteiger partial charge in [0, 0.05) is 28.3 Å². The molecule has 0 bridgehead atoms. The minimum absolute atomic E-state index is 0. The van der Waals surface area contributed by atoms with Gasteiger partial charge in [-0.1, -0.05) is 155 Å². The maximum Gasteiger partial charge on any atom is 1.00 e. The predicted octanol–water partition coefficient (Wildman–Crippen LogP) is 13.8. The summed E-state index contributed by atoms with van der Waals surface area (Å²) >= 11 is 0. The largest absolute Gasteiger partial charge is 1.00 e. The molecule has 2 aliphatic heterocycles. The summed E-state index contributed by atoms with van der Waals surface area (Å²) in [7, 11) is -6.67. The molecule has 2 fully saturated rings. The molecule has 2 saturated heterocycles. The summed E-state index contributed by atoms with van der Waals surface area (Å²) in [5, 5.41) is 1.87. The van der Waals surface area contributed by atoms with Crippen molar-refractivity contribution in [1.29, 1.82) is 0 Å². The fourth-order valence-electron chi connectivity index (χ4n) is 7.95. The van der Waals surface area contributed by atoms with Crippen molar-refractivity contribution in [3.05, 3.63) is 167 Å². The Balaban J connectivity index is 0.000000701. The van der Waals surface area contributed by atoms with Crippen LogP contribution in [0.5, 0.6) is 0 Å². The molecule has 0 N–H and O–H groups in total. The SMILES string of the molecule is C1=C\C[C@H](P2C(c3ccccc3)CCC2c2ccccc2)/C(P2C(c3ccccc3)CC[C@H]2c2ccccc2)=C\CC/1.F[B-](F)(F)F.[Rh+]. The van der Waals surface area contributed by atoms with Crippen LogP contribution in [0.3, 0.4) is 0 Å². The van der Waals surface area contributed by atoms with E-state index in [1.807, 2.05) is 5.31 Å². The van der Waals surface area contributed by atoms with Crippen molar-refractivity contribution >= 4 is 23.1 Å². The Hall–Kier alpha value is -2.37. The van der Waals surface area contributed by atoms with E-state index in [2.05, 4.69) is 140 Å². The molecule has 3 aliphatic rings. The molecule has 1 aliphatic carbocycles. The van der Waals surface area contributed by atoms with Crippen LogP contribution in [0.4, 0.5) is 17.3 Å². The zero-order valence-electron chi connectivity index (χ0n) is 26.9. The molecule has 7 rings (SSSR count). The average molecular weight is 774 g/mol. The monoisotopic (exact) mass is 774 g/mol. The quantitative estimate of drug-likeness (QED) is 0.0792. The minimum Gasteiger partial charge on any atom is -0.418 e. The third-order valence-electron chi connectivity index (χ3n) is 9.77. The Morgan fingerprint density at radius 3 is 1.21 bits per heavy atom. The summed E-state index contributed by atoms with van der Waals surface area (Å²) in [4.78, 5) is 0. The summed E-state index contributed by atoms with van der Waals surface area (Å²) in [6.07, 6.45) is 16.6. The third-order valence-corrected chi connectivity index (χ3v) is 17.3. The van der Waals surface area contributed by atoms with Crippen molar-refractivity contribution < 1.29 is 36.7 Å². The fourth-order valence-corrected chi connectivity index (χ4v) is 16.5. The van der Waals surface area contributed by atoms with Gasteiger partial charge in [0.1, 0.15) is 0 Å². The van der Waals surface area contributed by atoms with Crippen LogP contribution < -0.4 is 0 Å². The molecular weight excluding hydrogens is 732 g/mol. The van der Waals surface area contributed by atoms with Crippen molar-refractivity contribution in [2.45, 2.75) is 73.2 Å². The van der Waals surface area contributed by atoms with Crippen molar-refractivity contribution in [2.75, 3.05) is 0 Å². The van der Waals surface area contributed by atoms with Gasteiger partial charge in [-0.05, 0) is 72.5 Å². The summed E-state index contributed by atoms with van der Waals surface area (Å²) in [6, 6.07) is 46.3. The van der Waals surface area contributed by atoms with Crippen molar-refractivity contribution in [1.82, 2.24) is 0 Å². The maximum atomic E-state index is 9.75.